The zero-order valence-electron chi connectivity index (χ0n) is 17.4. The molecule has 2 fully saturated rings. The fourth-order valence-electron chi connectivity index (χ4n) is 4.86. The second-order valence-electron chi connectivity index (χ2n) is 8.47. The molecule has 0 radical (unpaired) electrons. The van der Waals surface area contributed by atoms with Crippen LogP contribution in [0.1, 0.15) is 28.4 Å². The number of hydrogen-bond acceptors (Lipinski definition) is 5. The third-order valence-electron chi connectivity index (χ3n) is 6.46. The zero-order chi connectivity index (χ0) is 21.4. The Morgan fingerprint density at radius 3 is 2.65 bits per heavy atom. The Hall–Kier alpha value is -3.49. The van der Waals surface area contributed by atoms with Crippen molar-refractivity contribution in [3.05, 3.63) is 66.3 Å². The first-order valence-corrected chi connectivity index (χ1v) is 10.5. The highest BCUT2D eigenvalue weighted by atomic mass is 16.2. The monoisotopic (exact) mass is 419 g/mol. The number of benzene rings is 1. The second-order valence-corrected chi connectivity index (χ2v) is 8.47. The summed E-state index contributed by atoms with van der Waals surface area (Å²) in [4.78, 5) is 38.5. The van der Waals surface area contributed by atoms with Crippen LogP contribution in [-0.4, -0.2) is 72.5 Å². The summed E-state index contributed by atoms with van der Waals surface area (Å²) in [6.07, 6.45) is 5.70. The van der Waals surface area contributed by atoms with Crippen molar-refractivity contribution in [3.63, 3.8) is 0 Å². The summed E-state index contributed by atoms with van der Waals surface area (Å²) in [5.74, 6) is 1.66. The fourth-order valence-corrected chi connectivity index (χ4v) is 4.86. The van der Waals surface area contributed by atoms with E-state index in [1.807, 2.05) is 57.8 Å². The molecule has 2 saturated heterocycles. The molecular weight excluding hydrogens is 394 g/mol. The number of carbonyl (C=O) groups excluding carboxylic acids is 2. The maximum absolute atomic E-state index is 13.1. The molecule has 0 spiro atoms. The van der Waals surface area contributed by atoms with E-state index in [1.54, 1.807) is 12.5 Å². The Morgan fingerprint density at radius 2 is 1.94 bits per heavy atom. The summed E-state index contributed by atoms with van der Waals surface area (Å²) in [5, 5.41) is 7.39. The predicted octanol–water partition coefficient (Wildman–Crippen LogP) is 1.25. The van der Waals surface area contributed by atoms with Gasteiger partial charge >= 0.3 is 0 Å². The SMILES string of the molecule is Cc1nc([C@@]23CN(C(=O)CCn4ccnc4)C[C@@H]2CN(C(=O)c2ccccc2)C3)n[nH]1. The van der Waals surface area contributed by atoms with Crippen LogP contribution in [0.15, 0.2) is 49.1 Å². The number of likely N-dealkylation sites (tertiary alicyclic amines) is 2. The smallest absolute Gasteiger partial charge is 0.253 e. The molecule has 0 aliphatic carbocycles. The Kier molecular flexibility index (Phi) is 4.80. The minimum Gasteiger partial charge on any atom is -0.341 e. The van der Waals surface area contributed by atoms with Crippen molar-refractivity contribution < 1.29 is 9.59 Å². The van der Waals surface area contributed by atoms with Gasteiger partial charge in [0.05, 0.1) is 11.7 Å². The summed E-state index contributed by atoms with van der Waals surface area (Å²) < 4.78 is 1.91. The molecule has 2 atom stereocenters. The van der Waals surface area contributed by atoms with Crippen molar-refractivity contribution in [2.45, 2.75) is 25.3 Å². The maximum atomic E-state index is 13.1. The van der Waals surface area contributed by atoms with E-state index in [9.17, 15) is 9.59 Å². The van der Waals surface area contributed by atoms with Crippen molar-refractivity contribution in [2.24, 2.45) is 5.92 Å². The fraction of sp³-hybridized carbons (Fsp3) is 0.409. The number of nitrogens with zero attached hydrogens (tertiary/aromatic N) is 6. The lowest BCUT2D eigenvalue weighted by Gasteiger charge is -2.27. The van der Waals surface area contributed by atoms with Crippen molar-refractivity contribution in [3.8, 4) is 0 Å². The lowest BCUT2D eigenvalue weighted by molar-refractivity contribution is -0.130. The zero-order valence-corrected chi connectivity index (χ0v) is 17.4. The number of carbonyl (C=O) groups is 2. The van der Waals surface area contributed by atoms with Crippen molar-refractivity contribution in [1.82, 2.24) is 34.5 Å². The molecule has 4 heterocycles. The highest BCUT2D eigenvalue weighted by molar-refractivity contribution is 5.94. The van der Waals surface area contributed by atoms with Gasteiger partial charge in [0.25, 0.3) is 5.91 Å². The molecule has 9 nitrogen and oxygen atoms in total. The summed E-state index contributed by atoms with van der Waals surface area (Å²) >= 11 is 0. The molecule has 0 bridgehead atoms. The van der Waals surface area contributed by atoms with Crippen LogP contribution in [0.3, 0.4) is 0 Å². The van der Waals surface area contributed by atoms with E-state index < -0.39 is 5.41 Å². The average Bonchev–Trinajstić information content (AvgIpc) is 3.55. The number of fused-ring (bicyclic) bond motifs is 1. The molecule has 0 unspecified atom stereocenters. The molecule has 9 heteroatoms. The Morgan fingerprint density at radius 1 is 1.16 bits per heavy atom. The maximum Gasteiger partial charge on any atom is 0.253 e. The van der Waals surface area contributed by atoms with Crippen LogP contribution in [-0.2, 0) is 16.8 Å². The van der Waals surface area contributed by atoms with E-state index in [0.717, 1.165) is 5.82 Å². The van der Waals surface area contributed by atoms with Gasteiger partial charge in [0.15, 0.2) is 5.82 Å². The van der Waals surface area contributed by atoms with Gasteiger partial charge in [-0.1, -0.05) is 18.2 Å². The summed E-state index contributed by atoms with van der Waals surface area (Å²) in [5.41, 5.74) is 0.233. The number of H-pyrrole nitrogens is 1. The van der Waals surface area contributed by atoms with E-state index >= 15 is 0 Å². The Bertz CT molecular complexity index is 1080. The molecule has 1 aromatic carbocycles. The van der Waals surface area contributed by atoms with E-state index in [-0.39, 0.29) is 17.7 Å². The lowest BCUT2D eigenvalue weighted by Crippen LogP contribution is -2.42. The van der Waals surface area contributed by atoms with Gasteiger partial charge in [0.1, 0.15) is 5.82 Å². The van der Waals surface area contributed by atoms with Gasteiger partial charge in [-0.15, -0.1) is 0 Å². The highest BCUT2D eigenvalue weighted by Crippen LogP contribution is 2.44. The van der Waals surface area contributed by atoms with Crippen LogP contribution in [0.5, 0.6) is 0 Å². The molecule has 160 valence electrons. The standard InChI is InChI=1S/C22H25N7O2/c1-16-24-21(26-25-16)22-13-28(19(30)7-9-27-10-8-23-15-27)11-18(22)12-29(14-22)20(31)17-5-3-2-4-6-17/h2-6,8,10,15,18H,7,9,11-14H2,1H3,(H,24,25,26)/t18-,22-/m1/s1. The van der Waals surface area contributed by atoms with Gasteiger partial charge in [0.2, 0.25) is 5.91 Å². The first-order chi connectivity index (χ1) is 15.0. The van der Waals surface area contributed by atoms with Crippen LogP contribution in [0.25, 0.3) is 0 Å². The number of nitrogens with one attached hydrogen (secondary N) is 1. The quantitative estimate of drug-likeness (QED) is 0.671. The number of rotatable bonds is 5. The van der Waals surface area contributed by atoms with Crippen molar-refractivity contribution in [1.29, 1.82) is 0 Å². The Labute approximate surface area is 180 Å². The minimum absolute atomic E-state index is 0.0135. The Balaban J connectivity index is 1.36. The third-order valence-corrected chi connectivity index (χ3v) is 6.46. The number of aromatic amines is 1. The number of imidazole rings is 1. The largest absolute Gasteiger partial charge is 0.341 e. The molecule has 0 saturated carbocycles. The lowest BCUT2D eigenvalue weighted by atomic mass is 9.80. The van der Waals surface area contributed by atoms with Gasteiger partial charge in [-0.25, -0.2) is 9.97 Å². The van der Waals surface area contributed by atoms with Gasteiger partial charge < -0.3 is 14.4 Å². The predicted molar refractivity (Wildman–Crippen MR) is 112 cm³/mol. The highest BCUT2D eigenvalue weighted by Gasteiger charge is 2.57. The molecule has 2 amide bonds. The van der Waals surface area contributed by atoms with Crippen LogP contribution < -0.4 is 0 Å². The first-order valence-electron chi connectivity index (χ1n) is 10.5. The van der Waals surface area contributed by atoms with Gasteiger partial charge in [0, 0.05) is 63.0 Å². The van der Waals surface area contributed by atoms with E-state index in [1.165, 1.54) is 0 Å². The van der Waals surface area contributed by atoms with Crippen LogP contribution >= 0.6 is 0 Å². The van der Waals surface area contributed by atoms with Gasteiger partial charge in [-0.3, -0.25) is 14.7 Å². The molecule has 2 aliphatic rings. The topological polar surface area (TPSA) is 100 Å². The second kappa shape index (κ2) is 7.64. The number of amides is 2. The first kappa shape index (κ1) is 19.5. The van der Waals surface area contributed by atoms with Gasteiger partial charge in [-0.05, 0) is 19.1 Å². The molecule has 31 heavy (non-hydrogen) atoms. The summed E-state index contributed by atoms with van der Waals surface area (Å²) in [6, 6.07) is 9.33. The summed E-state index contributed by atoms with van der Waals surface area (Å²) in [7, 11) is 0. The average molecular weight is 419 g/mol. The van der Waals surface area contributed by atoms with E-state index in [2.05, 4.69) is 20.2 Å². The number of aromatic nitrogens is 5. The molecule has 2 aliphatic heterocycles. The molecular formula is C22H25N7O2. The number of hydrogen-bond donors (Lipinski definition) is 1. The molecule has 5 rings (SSSR count). The molecule has 1 N–H and O–H groups in total. The number of aryl methyl sites for hydroxylation is 2. The van der Waals surface area contributed by atoms with Crippen LogP contribution in [0.2, 0.25) is 0 Å². The third kappa shape index (κ3) is 3.49. The van der Waals surface area contributed by atoms with E-state index in [4.69, 9.17) is 0 Å². The molecule has 3 aromatic rings. The molecule has 2 aromatic heterocycles. The summed E-state index contributed by atoms with van der Waals surface area (Å²) in [6.45, 7) is 4.70. The van der Waals surface area contributed by atoms with E-state index in [0.29, 0.717) is 50.5 Å². The minimum atomic E-state index is -0.445. The van der Waals surface area contributed by atoms with Crippen molar-refractivity contribution in [2.75, 3.05) is 26.2 Å². The van der Waals surface area contributed by atoms with Crippen LogP contribution in [0.4, 0.5) is 0 Å². The normalized spacial score (nSPS) is 22.7. The van der Waals surface area contributed by atoms with Crippen LogP contribution in [0, 0.1) is 12.8 Å². The van der Waals surface area contributed by atoms with Gasteiger partial charge in [-0.2, -0.15) is 5.10 Å². The van der Waals surface area contributed by atoms with Crippen molar-refractivity contribution >= 4 is 11.8 Å².